The molecule has 0 saturated heterocycles. The molecule has 0 aliphatic carbocycles. The highest BCUT2D eigenvalue weighted by Crippen LogP contribution is 2.36. The van der Waals surface area contributed by atoms with Crippen molar-refractivity contribution in [3.05, 3.63) is 29.1 Å². The van der Waals surface area contributed by atoms with Crippen LogP contribution in [-0.4, -0.2) is 56.8 Å². The van der Waals surface area contributed by atoms with Crippen molar-refractivity contribution in [3.8, 4) is 23.1 Å². The van der Waals surface area contributed by atoms with E-state index in [1.54, 1.807) is 0 Å². The van der Waals surface area contributed by atoms with Crippen molar-refractivity contribution in [1.29, 1.82) is 0 Å². The highest BCUT2D eigenvalue weighted by Gasteiger charge is 2.23. The number of aromatic nitrogens is 5. The van der Waals surface area contributed by atoms with E-state index in [1.807, 2.05) is 6.92 Å². The number of hydrogen-bond acceptors (Lipinski definition) is 11. The molecule has 2 aromatic heterocycles. The summed E-state index contributed by atoms with van der Waals surface area (Å²) in [6, 6.07) is 3.07. The zero-order valence-corrected chi connectivity index (χ0v) is 16.5. The number of amides is 1. The van der Waals surface area contributed by atoms with Gasteiger partial charge in [-0.15, -0.1) is 5.10 Å². The minimum Gasteiger partial charge on any atom is -0.502 e. The van der Waals surface area contributed by atoms with Gasteiger partial charge in [-0.25, -0.2) is 10.1 Å². The van der Waals surface area contributed by atoms with Crippen molar-refractivity contribution >= 4 is 17.9 Å². The number of hydrogen-bond donors (Lipinski definition) is 3. The molecule has 1 aromatic carbocycles. The van der Waals surface area contributed by atoms with E-state index in [-0.39, 0.29) is 34.6 Å². The molecule has 0 saturated carbocycles. The van der Waals surface area contributed by atoms with Gasteiger partial charge in [-0.3, -0.25) is 4.79 Å². The first-order valence-electron chi connectivity index (χ1n) is 8.81. The van der Waals surface area contributed by atoms with E-state index in [4.69, 9.17) is 15.2 Å². The van der Waals surface area contributed by atoms with Crippen LogP contribution in [0.1, 0.15) is 35.1 Å². The van der Waals surface area contributed by atoms with Gasteiger partial charge in [0.1, 0.15) is 0 Å². The topological polar surface area (TPSA) is 176 Å². The number of nitrogen functional groups attached to an aromatic ring is 1. The molecule has 158 valence electrons. The molecular formula is C17H20N8O5. The van der Waals surface area contributed by atoms with E-state index in [9.17, 15) is 9.90 Å². The molecule has 0 fully saturated rings. The maximum Gasteiger partial charge on any atom is 0.293 e. The lowest BCUT2D eigenvalue weighted by molar-refractivity contribution is 0.0949. The van der Waals surface area contributed by atoms with Gasteiger partial charge < -0.3 is 20.3 Å². The number of carbonyl (C=O) groups is 1. The molecule has 2 heterocycles. The Kier molecular flexibility index (Phi) is 6.10. The van der Waals surface area contributed by atoms with Gasteiger partial charge in [0.2, 0.25) is 17.4 Å². The predicted octanol–water partition coefficient (Wildman–Crippen LogP) is 0.672. The van der Waals surface area contributed by atoms with Crippen LogP contribution >= 0.6 is 0 Å². The van der Waals surface area contributed by atoms with E-state index in [1.165, 1.54) is 37.2 Å². The lowest BCUT2D eigenvalue weighted by Crippen LogP contribution is -2.20. The summed E-state index contributed by atoms with van der Waals surface area (Å²) >= 11 is 0. The second-order valence-corrected chi connectivity index (χ2v) is 5.99. The monoisotopic (exact) mass is 416 g/mol. The van der Waals surface area contributed by atoms with Crippen LogP contribution in [0.25, 0.3) is 5.82 Å². The molecule has 13 nitrogen and oxygen atoms in total. The van der Waals surface area contributed by atoms with Crippen molar-refractivity contribution in [1.82, 2.24) is 30.7 Å². The predicted molar refractivity (Wildman–Crippen MR) is 104 cm³/mol. The molecule has 4 N–H and O–H groups in total. The third-order valence-electron chi connectivity index (χ3n) is 4.04. The first-order chi connectivity index (χ1) is 14.5. The highest BCUT2D eigenvalue weighted by atomic mass is 16.6. The number of hydrazone groups is 1. The number of methoxy groups -OCH3 is 2. The maximum atomic E-state index is 12.6. The molecule has 0 radical (unpaired) electrons. The molecular weight excluding hydrogens is 396 g/mol. The number of carbonyl (C=O) groups excluding carboxylic acids is 1. The third-order valence-corrected chi connectivity index (χ3v) is 4.04. The summed E-state index contributed by atoms with van der Waals surface area (Å²) in [6.07, 6.45) is 2.57. The average Bonchev–Trinajstić information content (AvgIpc) is 3.34. The summed E-state index contributed by atoms with van der Waals surface area (Å²) in [5.41, 5.74) is 9.18. The second-order valence-electron chi connectivity index (χ2n) is 5.99. The highest BCUT2D eigenvalue weighted by molar-refractivity contribution is 5.94. The fraction of sp³-hybridized carbons (Fsp3) is 0.294. The normalized spacial score (nSPS) is 11.0. The van der Waals surface area contributed by atoms with Crippen molar-refractivity contribution in [3.63, 3.8) is 0 Å². The number of phenolic OH excluding ortho intramolecular Hbond substituents is 1. The van der Waals surface area contributed by atoms with Gasteiger partial charge in [0.15, 0.2) is 17.2 Å². The molecule has 0 spiro atoms. The fourth-order valence-electron chi connectivity index (χ4n) is 2.65. The Labute approximate surface area is 170 Å². The number of nitrogens with one attached hydrogen (secondary N) is 1. The number of nitrogens with zero attached hydrogens (tertiary/aromatic N) is 6. The van der Waals surface area contributed by atoms with Gasteiger partial charge in [-0.1, -0.05) is 18.6 Å². The van der Waals surface area contributed by atoms with E-state index in [0.717, 1.165) is 6.42 Å². The lowest BCUT2D eigenvalue weighted by atomic mass is 10.2. The van der Waals surface area contributed by atoms with Gasteiger partial charge in [0.25, 0.3) is 5.91 Å². The SMILES string of the molecule is CCCc1c(C(=O)N/N=C\c2cc(OC)c(O)c(OC)c2)nnn1-c1nonc1N. The molecule has 3 rings (SSSR count). The molecule has 0 aliphatic heterocycles. The first kappa shape index (κ1) is 20.6. The van der Waals surface area contributed by atoms with Gasteiger partial charge in [-0.2, -0.15) is 9.78 Å². The maximum absolute atomic E-state index is 12.6. The third kappa shape index (κ3) is 3.99. The van der Waals surface area contributed by atoms with Crippen LogP contribution in [0.15, 0.2) is 21.9 Å². The average molecular weight is 416 g/mol. The first-order valence-corrected chi connectivity index (χ1v) is 8.81. The summed E-state index contributed by atoms with van der Waals surface area (Å²) in [5, 5.41) is 28.9. The summed E-state index contributed by atoms with van der Waals surface area (Å²) in [7, 11) is 2.82. The zero-order valence-electron chi connectivity index (χ0n) is 16.5. The van der Waals surface area contributed by atoms with Crippen molar-refractivity contribution in [2.24, 2.45) is 5.10 Å². The molecule has 0 atom stereocenters. The Morgan fingerprint density at radius 2 is 2.03 bits per heavy atom. The van der Waals surface area contributed by atoms with E-state index in [2.05, 4.69) is 35.8 Å². The summed E-state index contributed by atoms with van der Waals surface area (Å²) in [5.74, 6) is -0.130. The minimum absolute atomic E-state index is 0.0254. The van der Waals surface area contributed by atoms with Gasteiger partial charge >= 0.3 is 0 Å². The number of nitrogens with two attached hydrogens (primary N) is 1. The Hall–Kier alpha value is -4.16. The minimum atomic E-state index is -0.575. The van der Waals surface area contributed by atoms with Crippen molar-refractivity contribution in [2.45, 2.75) is 19.8 Å². The molecule has 0 bridgehead atoms. The quantitative estimate of drug-likeness (QED) is 0.349. The molecule has 0 unspecified atom stereocenters. The summed E-state index contributed by atoms with van der Waals surface area (Å²) < 4.78 is 16.1. The van der Waals surface area contributed by atoms with Crippen LogP contribution in [0.2, 0.25) is 0 Å². The Morgan fingerprint density at radius 3 is 2.60 bits per heavy atom. The summed E-state index contributed by atoms with van der Waals surface area (Å²) in [6.45, 7) is 1.94. The standard InChI is InChI=1S/C17H20N8O5/c1-4-5-10-13(20-24-25(10)16-15(18)22-30-23-16)17(27)21-19-8-9-6-11(28-2)14(26)12(7-9)29-3/h6-8,26H,4-5H2,1-3H3,(H2,18,22)(H,21,27)/b19-8-. The largest absolute Gasteiger partial charge is 0.502 e. The van der Waals surface area contributed by atoms with Crippen LogP contribution in [0.5, 0.6) is 17.2 Å². The molecule has 3 aromatic rings. The number of anilines is 1. The van der Waals surface area contributed by atoms with E-state index >= 15 is 0 Å². The molecule has 13 heteroatoms. The van der Waals surface area contributed by atoms with Crippen LogP contribution < -0.4 is 20.6 Å². The van der Waals surface area contributed by atoms with Crippen LogP contribution in [0, 0.1) is 0 Å². The van der Waals surface area contributed by atoms with Gasteiger partial charge in [0, 0.05) is 5.56 Å². The van der Waals surface area contributed by atoms with Crippen molar-refractivity contribution < 1.29 is 24.0 Å². The molecule has 0 aliphatic rings. The van der Waals surface area contributed by atoms with Crippen LogP contribution in [0.3, 0.4) is 0 Å². The molecule has 30 heavy (non-hydrogen) atoms. The van der Waals surface area contributed by atoms with E-state index in [0.29, 0.717) is 17.7 Å². The Bertz CT molecular complexity index is 1050. The van der Waals surface area contributed by atoms with Gasteiger partial charge in [-0.05, 0) is 28.9 Å². The number of rotatable bonds is 8. The van der Waals surface area contributed by atoms with Gasteiger partial charge in [0.05, 0.1) is 26.1 Å². The second kappa shape index (κ2) is 8.89. The Balaban J connectivity index is 1.82. The molecule has 1 amide bonds. The van der Waals surface area contributed by atoms with Crippen LogP contribution in [0.4, 0.5) is 5.82 Å². The van der Waals surface area contributed by atoms with Crippen molar-refractivity contribution in [2.75, 3.05) is 20.0 Å². The lowest BCUT2D eigenvalue weighted by Gasteiger charge is -2.09. The summed E-state index contributed by atoms with van der Waals surface area (Å²) in [4.78, 5) is 12.6. The zero-order chi connectivity index (χ0) is 21.7. The van der Waals surface area contributed by atoms with E-state index < -0.39 is 5.91 Å². The smallest absolute Gasteiger partial charge is 0.293 e. The Morgan fingerprint density at radius 1 is 1.33 bits per heavy atom. The number of phenols is 1. The van der Waals surface area contributed by atoms with Crippen LogP contribution in [-0.2, 0) is 6.42 Å². The number of benzene rings is 1. The number of ether oxygens (including phenoxy) is 2. The fourth-order valence-corrected chi connectivity index (χ4v) is 2.65. The number of aromatic hydroxyl groups is 1.